The van der Waals surface area contributed by atoms with E-state index in [9.17, 15) is 9.59 Å². The summed E-state index contributed by atoms with van der Waals surface area (Å²) in [5.74, 6) is 0.264. The van der Waals surface area contributed by atoms with Gasteiger partial charge in [0.15, 0.2) is 0 Å². The number of carbonyl (C=O) groups is 2. The van der Waals surface area contributed by atoms with E-state index < -0.39 is 11.9 Å². The van der Waals surface area contributed by atoms with Crippen molar-refractivity contribution in [2.24, 2.45) is 17.8 Å². The van der Waals surface area contributed by atoms with Crippen molar-refractivity contribution in [2.45, 2.75) is 38.7 Å². The van der Waals surface area contributed by atoms with Crippen molar-refractivity contribution in [3.8, 4) is 0 Å². The Morgan fingerprint density at radius 2 is 1.82 bits per heavy atom. The van der Waals surface area contributed by atoms with E-state index in [0.717, 1.165) is 37.3 Å². The first kappa shape index (κ1) is 12.1. The van der Waals surface area contributed by atoms with Gasteiger partial charge < -0.3 is 9.84 Å². The Kier molecular flexibility index (Phi) is 3.50. The molecule has 2 aliphatic rings. The lowest BCUT2D eigenvalue weighted by atomic mass is 9.93. The maximum absolute atomic E-state index is 11.4. The van der Waals surface area contributed by atoms with E-state index >= 15 is 0 Å². The molecule has 1 N–H and O–H groups in total. The summed E-state index contributed by atoms with van der Waals surface area (Å²) in [4.78, 5) is 21.7. The van der Waals surface area contributed by atoms with E-state index in [1.807, 2.05) is 0 Å². The number of hydrogen-bond donors (Lipinski definition) is 1. The van der Waals surface area contributed by atoms with Crippen molar-refractivity contribution < 1.29 is 19.4 Å². The van der Waals surface area contributed by atoms with Gasteiger partial charge in [-0.25, -0.2) is 9.59 Å². The molecule has 0 saturated heterocycles. The van der Waals surface area contributed by atoms with Crippen molar-refractivity contribution in [1.82, 2.24) is 0 Å². The first-order valence-electron chi connectivity index (χ1n) is 6.19. The first-order valence-corrected chi connectivity index (χ1v) is 6.19. The second-order valence-corrected chi connectivity index (χ2v) is 5.11. The predicted octanol–water partition coefficient (Wildman–Crippen LogP) is 2.00. The van der Waals surface area contributed by atoms with Crippen LogP contribution in [0.4, 0.5) is 0 Å². The van der Waals surface area contributed by atoms with Crippen molar-refractivity contribution in [1.29, 1.82) is 0 Å². The van der Waals surface area contributed by atoms with Crippen LogP contribution in [0.2, 0.25) is 0 Å². The van der Waals surface area contributed by atoms with E-state index in [0.29, 0.717) is 11.8 Å². The maximum Gasteiger partial charge on any atom is 0.331 e. The van der Waals surface area contributed by atoms with Gasteiger partial charge in [0.2, 0.25) is 0 Å². The molecule has 0 bridgehead atoms. The average Bonchev–Trinajstić information content (AvgIpc) is 2.81. The summed E-state index contributed by atoms with van der Waals surface area (Å²) < 4.78 is 5.33. The standard InChI is InChI=1S/C13H18O4/c1-8-2-3-10-9(8)4-5-11(10)17-13(16)7-6-12(14)15/h6-11H,2-5H2,1H3,(H,14,15)/t8-,9+,10-,11-/m0/s1. The molecule has 94 valence electrons. The van der Waals surface area contributed by atoms with Crippen LogP contribution in [0, 0.1) is 17.8 Å². The van der Waals surface area contributed by atoms with E-state index in [2.05, 4.69) is 6.92 Å². The topological polar surface area (TPSA) is 63.6 Å². The number of carboxylic acids is 1. The molecule has 0 aromatic heterocycles. The first-order chi connectivity index (χ1) is 8.08. The van der Waals surface area contributed by atoms with Crippen molar-refractivity contribution in [3.63, 3.8) is 0 Å². The molecule has 4 nitrogen and oxygen atoms in total. The summed E-state index contributed by atoms with van der Waals surface area (Å²) >= 11 is 0. The molecule has 0 aromatic rings. The molecule has 2 aliphatic carbocycles. The number of hydrogen-bond acceptors (Lipinski definition) is 3. The van der Waals surface area contributed by atoms with Crippen LogP contribution in [0.15, 0.2) is 12.2 Å². The van der Waals surface area contributed by atoms with E-state index in [4.69, 9.17) is 9.84 Å². The molecule has 0 amide bonds. The van der Waals surface area contributed by atoms with Gasteiger partial charge in [-0.15, -0.1) is 0 Å². The number of carbonyl (C=O) groups excluding carboxylic acids is 1. The summed E-state index contributed by atoms with van der Waals surface area (Å²) in [7, 11) is 0. The molecule has 4 atom stereocenters. The molecule has 0 spiro atoms. The Hall–Kier alpha value is -1.32. The molecule has 0 heterocycles. The van der Waals surface area contributed by atoms with Gasteiger partial charge in [-0.2, -0.15) is 0 Å². The van der Waals surface area contributed by atoms with Gasteiger partial charge >= 0.3 is 11.9 Å². The van der Waals surface area contributed by atoms with Crippen LogP contribution in [0.25, 0.3) is 0 Å². The third-order valence-electron chi connectivity index (χ3n) is 4.13. The monoisotopic (exact) mass is 238 g/mol. The number of carboxylic acid groups (broad SMARTS) is 1. The summed E-state index contributed by atoms with van der Waals surface area (Å²) in [6, 6.07) is 0. The SMILES string of the molecule is C[C@H]1CC[C@H]2[C@@H]1CC[C@@H]2OC(=O)C=CC(=O)O. The van der Waals surface area contributed by atoms with Gasteiger partial charge in [-0.05, 0) is 37.0 Å². The molecular formula is C13H18O4. The lowest BCUT2D eigenvalue weighted by Crippen LogP contribution is -2.22. The second-order valence-electron chi connectivity index (χ2n) is 5.11. The normalized spacial score (nSPS) is 36.1. The summed E-state index contributed by atoms with van der Waals surface area (Å²) in [5.41, 5.74) is 0. The summed E-state index contributed by atoms with van der Waals surface area (Å²) in [6.07, 6.45) is 6.22. The fourth-order valence-corrected chi connectivity index (χ4v) is 3.31. The molecule has 2 fully saturated rings. The fraction of sp³-hybridized carbons (Fsp3) is 0.692. The molecule has 0 radical (unpaired) electrons. The van der Waals surface area contributed by atoms with Crippen LogP contribution in [-0.4, -0.2) is 23.1 Å². The largest absolute Gasteiger partial charge is 0.478 e. The molecular weight excluding hydrogens is 220 g/mol. The molecule has 2 saturated carbocycles. The van der Waals surface area contributed by atoms with Gasteiger partial charge in [0.05, 0.1) is 0 Å². The highest BCUT2D eigenvalue weighted by atomic mass is 16.5. The Labute approximate surface area is 101 Å². The number of fused-ring (bicyclic) bond motifs is 1. The van der Waals surface area contributed by atoms with Crippen LogP contribution < -0.4 is 0 Å². The van der Waals surface area contributed by atoms with Gasteiger partial charge in [-0.1, -0.05) is 13.3 Å². The Balaban J connectivity index is 1.88. The molecule has 0 aromatic carbocycles. The average molecular weight is 238 g/mol. The number of esters is 1. The highest BCUT2D eigenvalue weighted by molar-refractivity contribution is 5.90. The number of rotatable bonds is 3. The van der Waals surface area contributed by atoms with Crippen LogP contribution in [-0.2, 0) is 14.3 Å². The van der Waals surface area contributed by atoms with Crippen molar-refractivity contribution in [2.75, 3.05) is 0 Å². The van der Waals surface area contributed by atoms with E-state index in [1.165, 1.54) is 6.42 Å². The minimum absolute atomic E-state index is 0.00380. The van der Waals surface area contributed by atoms with Crippen LogP contribution in [0.1, 0.15) is 32.6 Å². The third kappa shape index (κ3) is 2.68. The number of ether oxygens (including phenoxy) is 1. The number of aliphatic carboxylic acids is 1. The van der Waals surface area contributed by atoms with Crippen LogP contribution in [0.3, 0.4) is 0 Å². The van der Waals surface area contributed by atoms with E-state index in [-0.39, 0.29) is 6.10 Å². The zero-order valence-electron chi connectivity index (χ0n) is 9.96. The smallest absolute Gasteiger partial charge is 0.331 e. The zero-order valence-corrected chi connectivity index (χ0v) is 9.96. The van der Waals surface area contributed by atoms with Crippen molar-refractivity contribution in [3.05, 3.63) is 12.2 Å². The minimum Gasteiger partial charge on any atom is -0.478 e. The quantitative estimate of drug-likeness (QED) is 0.603. The third-order valence-corrected chi connectivity index (χ3v) is 4.13. The molecule has 17 heavy (non-hydrogen) atoms. The summed E-state index contributed by atoms with van der Waals surface area (Å²) in [6.45, 7) is 2.26. The Morgan fingerprint density at radius 3 is 2.53 bits per heavy atom. The lowest BCUT2D eigenvalue weighted by molar-refractivity contribution is -0.145. The Bertz CT molecular complexity index is 347. The highest BCUT2D eigenvalue weighted by Crippen LogP contribution is 2.48. The van der Waals surface area contributed by atoms with Crippen molar-refractivity contribution >= 4 is 11.9 Å². The highest BCUT2D eigenvalue weighted by Gasteiger charge is 2.44. The van der Waals surface area contributed by atoms with Gasteiger partial charge in [0.25, 0.3) is 0 Å². The molecule has 0 aliphatic heterocycles. The Morgan fingerprint density at radius 1 is 1.12 bits per heavy atom. The van der Waals surface area contributed by atoms with Gasteiger partial charge in [0, 0.05) is 12.2 Å². The van der Waals surface area contributed by atoms with Gasteiger partial charge in [0.1, 0.15) is 6.10 Å². The van der Waals surface area contributed by atoms with Crippen LogP contribution >= 0.6 is 0 Å². The molecule has 4 heteroatoms. The molecule has 0 unspecified atom stereocenters. The summed E-state index contributed by atoms with van der Waals surface area (Å²) in [5, 5.41) is 8.41. The predicted molar refractivity (Wildman–Crippen MR) is 61.3 cm³/mol. The second kappa shape index (κ2) is 4.90. The van der Waals surface area contributed by atoms with E-state index in [1.54, 1.807) is 0 Å². The van der Waals surface area contributed by atoms with Gasteiger partial charge in [-0.3, -0.25) is 0 Å². The maximum atomic E-state index is 11.4. The van der Waals surface area contributed by atoms with Crippen LogP contribution in [0.5, 0.6) is 0 Å². The molecule has 2 rings (SSSR count). The minimum atomic E-state index is -1.12. The zero-order chi connectivity index (χ0) is 12.4. The fourth-order valence-electron chi connectivity index (χ4n) is 3.31. The lowest BCUT2D eigenvalue weighted by Gasteiger charge is -2.18.